The zero-order chi connectivity index (χ0) is 15.5. The highest BCUT2D eigenvalue weighted by Gasteiger charge is 2.28. The molecule has 0 spiro atoms. The summed E-state index contributed by atoms with van der Waals surface area (Å²) in [5.74, 6) is 0.466. The van der Waals surface area contributed by atoms with Gasteiger partial charge in [-0.05, 0) is 59.3 Å². The molecule has 0 radical (unpaired) electrons. The van der Waals surface area contributed by atoms with E-state index in [4.69, 9.17) is 0 Å². The maximum absolute atomic E-state index is 12.6. The smallest absolute Gasteiger partial charge is 0.208 e. The molecular weight excluding hydrogens is 418 g/mol. The second-order valence-corrected chi connectivity index (χ2v) is 9.06. The van der Waals surface area contributed by atoms with Gasteiger partial charge in [-0.3, -0.25) is 0 Å². The number of hydrogen-bond donors (Lipinski definition) is 1. The molecule has 21 heavy (non-hydrogen) atoms. The average molecular weight is 439 g/mol. The Labute approximate surface area is 144 Å². The zero-order valence-electron chi connectivity index (χ0n) is 12.1. The minimum atomic E-state index is -3.49. The van der Waals surface area contributed by atoms with Crippen molar-refractivity contribution in [3.8, 4) is 0 Å². The molecule has 0 aliphatic heterocycles. The molecule has 2 rings (SSSR count). The van der Waals surface area contributed by atoms with Gasteiger partial charge < -0.3 is 0 Å². The van der Waals surface area contributed by atoms with Crippen LogP contribution in [-0.2, 0) is 10.0 Å². The highest BCUT2D eigenvalue weighted by molar-refractivity contribution is 9.11. The topological polar surface area (TPSA) is 46.2 Å². The Morgan fingerprint density at radius 1 is 1.24 bits per heavy atom. The lowest BCUT2D eigenvalue weighted by molar-refractivity contribution is 0.285. The zero-order valence-corrected chi connectivity index (χ0v) is 16.1. The number of nitrogens with one attached hydrogen (secondary N) is 1. The van der Waals surface area contributed by atoms with Crippen LogP contribution in [0.3, 0.4) is 0 Å². The van der Waals surface area contributed by atoms with Crippen molar-refractivity contribution in [1.29, 1.82) is 0 Å². The first kappa shape index (κ1) is 17.4. The summed E-state index contributed by atoms with van der Waals surface area (Å²) >= 11 is 6.69. The molecule has 3 nitrogen and oxygen atoms in total. The first-order valence-electron chi connectivity index (χ1n) is 7.41. The lowest BCUT2D eigenvalue weighted by Crippen LogP contribution is -2.40. The van der Waals surface area contributed by atoms with Gasteiger partial charge in [-0.2, -0.15) is 0 Å². The van der Waals surface area contributed by atoms with Crippen LogP contribution < -0.4 is 4.72 Å². The van der Waals surface area contributed by atoms with Crippen LogP contribution in [0.2, 0.25) is 0 Å². The molecule has 0 heterocycles. The van der Waals surface area contributed by atoms with Crippen LogP contribution in [0.25, 0.3) is 0 Å². The van der Waals surface area contributed by atoms with E-state index in [0.717, 1.165) is 23.7 Å². The quantitative estimate of drug-likeness (QED) is 0.714. The van der Waals surface area contributed by atoms with Crippen LogP contribution in [0.15, 0.2) is 32.0 Å². The molecule has 1 aliphatic carbocycles. The maximum atomic E-state index is 12.6. The lowest BCUT2D eigenvalue weighted by Gasteiger charge is -2.30. The molecule has 1 aromatic rings. The van der Waals surface area contributed by atoms with Crippen LogP contribution >= 0.6 is 31.9 Å². The van der Waals surface area contributed by atoms with Crippen molar-refractivity contribution in [1.82, 2.24) is 4.72 Å². The first-order valence-corrected chi connectivity index (χ1v) is 10.5. The van der Waals surface area contributed by atoms with Gasteiger partial charge in [0.1, 0.15) is 0 Å². The molecule has 1 N–H and O–H groups in total. The standard InChI is InChI=1S/C15H21Br2NO2S/c1-2-14(11-6-4-3-5-7-11)18-21(19,20)15-9-8-12(16)10-13(15)17/h8-11,14,18H,2-7H2,1H3. The highest BCUT2D eigenvalue weighted by atomic mass is 79.9. The number of sulfonamides is 1. The number of rotatable bonds is 5. The summed E-state index contributed by atoms with van der Waals surface area (Å²) in [4.78, 5) is 0.306. The van der Waals surface area contributed by atoms with Gasteiger partial charge in [-0.15, -0.1) is 0 Å². The van der Waals surface area contributed by atoms with E-state index < -0.39 is 10.0 Å². The monoisotopic (exact) mass is 437 g/mol. The largest absolute Gasteiger partial charge is 0.241 e. The molecule has 0 amide bonds. The molecule has 0 bridgehead atoms. The second-order valence-electron chi connectivity index (χ2n) is 5.61. The molecule has 0 aromatic heterocycles. The van der Waals surface area contributed by atoms with Crippen molar-refractivity contribution in [3.63, 3.8) is 0 Å². The summed E-state index contributed by atoms with van der Waals surface area (Å²) in [6, 6.07) is 5.17. The SMILES string of the molecule is CCC(NS(=O)(=O)c1ccc(Br)cc1Br)C1CCCCC1. The average Bonchev–Trinajstić information content (AvgIpc) is 2.45. The molecule has 1 aromatic carbocycles. The molecule has 118 valence electrons. The van der Waals surface area contributed by atoms with E-state index in [9.17, 15) is 8.42 Å². The Morgan fingerprint density at radius 2 is 1.90 bits per heavy atom. The third-order valence-corrected chi connectivity index (χ3v) is 7.11. The highest BCUT2D eigenvalue weighted by Crippen LogP contribution is 2.30. The van der Waals surface area contributed by atoms with E-state index >= 15 is 0 Å². The van der Waals surface area contributed by atoms with E-state index in [1.165, 1.54) is 19.3 Å². The number of halogens is 2. The third-order valence-electron chi connectivity index (χ3n) is 4.15. The summed E-state index contributed by atoms with van der Waals surface area (Å²) in [5, 5.41) is 0. The van der Waals surface area contributed by atoms with E-state index in [2.05, 4.69) is 43.5 Å². The number of hydrogen-bond acceptors (Lipinski definition) is 2. The van der Waals surface area contributed by atoms with Crippen molar-refractivity contribution in [2.24, 2.45) is 5.92 Å². The summed E-state index contributed by atoms with van der Waals surface area (Å²) in [6.07, 6.45) is 6.79. The fraction of sp³-hybridized carbons (Fsp3) is 0.600. The van der Waals surface area contributed by atoms with Gasteiger partial charge in [0, 0.05) is 15.0 Å². The molecule has 1 unspecified atom stereocenters. The second kappa shape index (κ2) is 7.57. The Morgan fingerprint density at radius 3 is 2.48 bits per heavy atom. The minimum Gasteiger partial charge on any atom is -0.208 e. The molecule has 1 saturated carbocycles. The Bertz CT molecular complexity index is 583. The summed E-state index contributed by atoms with van der Waals surface area (Å²) in [5.41, 5.74) is 0. The van der Waals surface area contributed by atoms with Gasteiger partial charge in [-0.1, -0.05) is 42.1 Å². The van der Waals surface area contributed by atoms with Gasteiger partial charge in [-0.25, -0.2) is 13.1 Å². The minimum absolute atomic E-state index is 0.0332. The molecule has 1 atom stereocenters. The number of benzene rings is 1. The normalized spacial score (nSPS) is 18.6. The van der Waals surface area contributed by atoms with Crippen LogP contribution in [0.4, 0.5) is 0 Å². The molecule has 6 heteroatoms. The fourth-order valence-electron chi connectivity index (χ4n) is 3.01. The van der Waals surface area contributed by atoms with Gasteiger partial charge in [0.25, 0.3) is 0 Å². The van der Waals surface area contributed by atoms with Crippen LogP contribution in [-0.4, -0.2) is 14.5 Å². The van der Waals surface area contributed by atoms with Crippen molar-refractivity contribution in [2.45, 2.75) is 56.4 Å². The summed E-state index contributed by atoms with van der Waals surface area (Å²) < 4.78 is 29.6. The molecule has 1 fully saturated rings. The molecule has 0 saturated heterocycles. The van der Waals surface area contributed by atoms with Crippen molar-refractivity contribution < 1.29 is 8.42 Å². The van der Waals surface area contributed by atoms with E-state index in [0.29, 0.717) is 15.3 Å². The molecule has 1 aliphatic rings. The summed E-state index contributed by atoms with van der Waals surface area (Å²) in [6.45, 7) is 2.05. The van der Waals surface area contributed by atoms with E-state index in [-0.39, 0.29) is 6.04 Å². The predicted molar refractivity (Wildman–Crippen MR) is 92.8 cm³/mol. The van der Waals surface area contributed by atoms with E-state index in [1.54, 1.807) is 18.2 Å². The van der Waals surface area contributed by atoms with Gasteiger partial charge in [0.05, 0.1) is 4.90 Å². The predicted octanol–water partition coefficient (Wildman–Crippen LogP) is 4.85. The van der Waals surface area contributed by atoms with Crippen molar-refractivity contribution in [3.05, 3.63) is 27.1 Å². The third kappa shape index (κ3) is 4.53. The fourth-order valence-corrected chi connectivity index (χ4v) is 6.14. The lowest BCUT2D eigenvalue weighted by atomic mass is 9.83. The van der Waals surface area contributed by atoms with Gasteiger partial charge in [0.15, 0.2) is 0 Å². The van der Waals surface area contributed by atoms with Crippen LogP contribution in [0.1, 0.15) is 45.4 Å². The van der Waals surface area contributed by atoms with Gasteiger partial charge >= 0.3 is 0 Å². The van der Waals surface area contributed by atoms with Crippen molar-refractivity contribution >= 4 is 41.9 Å². The summed E-state index contributed by atoms with van der Waals surface area (Å²) in [7, 11) is -3.49. The molecular formula is C15H21Br2NO2S. The van der Waals surface area contributed by atoms with Crippen LogP contribution in [0.5, 0.6) is 0 Å². The van der Waals surface area contributed by atoms with Gasteiger partial charge in [0.2, 0.25) is 10.0 Å². The Balaban J connectivity index is 2.18. The first-order chi connectivity index (χ1) is 9.94. The van der Waals surface area contributed by atoms with Crippen LogP contribution in [0, 0.1) is 5.92 Å². The maximum Gasteiger partial charge on any atom is 0.241 e. The Kier molecular flexibility index (Phi) is 6.29. The van der Waals surface area contributed by atoms with E-state index in [1.807, 2.05) is 0 Å². The van der Waals surface area contributed by atoms with Crippen molar-refractivity contribution in [2.75, 3.05) is 0 Å². The Hall–Kier alpha value is 0.0900.